The highest BCUT2D eigenvalue weighted by Crippen LogP contribution is 2.30. The number of fused-ring (bicyclic) bond motifs is 1. The lowest BCUT2D eigenvalue weighted by Gasteiger charge is -2.11. The number of rotatable bonds is 1. The van der Waals surface area contributed by atoms with Crippen LogP contribution in [0.3, 0.4) is 0 Å². The summed E-state index contributed by atoms with van der Waals surface area (Å²) in [6, 6.07) is 1.85. The number of halogens is 1. The maximum atomic E-state index is 11.8. The van der Waals surface area contributed by atoms with E-state index >= 15 is 0 Å². The third-order valence-electron chi connectivity index (χ3n) is 2.94. The summed E-state index contributed by atoms with van der Waals surface area (Å²) in [4.78, 5) is 23.6. The first kappa shape index (κ1) is 11.6. The molecule has 0 saturated heterocycles. The molecule has 0 radical (unpaired) electrons. The summed E-state index contributed by atoms with van der Waals surface area (Å²) in [5, 5.41) is 2.86. The van der Waals surface area contributed by atoms with E-state index in [9.17, 15) is 4.79 Å². The second-order valence-corrected chi connectivity index (χ2v) is 5.24. The van der Waals surface area contributed by atoms with Gasteiger partial charge in [-0.15, -0.1) is 0 Å². The molecule has 18 heavy (non-hydrogen) atoms. The van der Waals surface area contributed by atoms with E-state index in [-0.39, 0.29) is 5.91 Å². The van der Waals surface area contributed by atoms with Crippen molar-refractivity contribution in [1.82, 2.24) is 20.3 Å². The van der Waals surface area contributed by atoms with Gasteiger partial charge < -0.3 is 10.3 Å². The Hall–Kier alpha value is -1.44. The van der Waals surface area contributed by atoms with Gasteiger partial charge in [0.15, 0.2) is 0 Å². The van der Waals surface area contributed by atoms with Crippen LogP contribution in [-0.4, -0.2) is 27.4 Å². The van der Waals surface area contributed by atoms with E-state index in [0.29, 0.717) is 6.54 Å². The molecule has 2 aromatic heterocycles. The number of hydrogen-bond donors (Lipinski definition) is 2. The van der Waals surface area contributed by atoms with Crippen molar-refractivity contribution in [2.75, 3.05) is 6.54 Å². The zero-order valence-electron chi connectivity index (χ0n) is 9.75. The van der Waals surface area contributed by atoms with Crippen molar-refractivity contribution >= 4 is 28.5 Å². The molecule has 92 valence electrons. The van der Waals surface area contributed by atoms with Crippen LogP contribution < -0.4 is 5.32 Å². The third kappa shape index (κ3) is 1.80. The summed E-state index contributed by atoms with van der Waals surface area (Å²) < 4.78 is 0.929. The highest BCUT2D eigenvalue weighted by molar-refractivity contribution is 14.1. The van der Waals surface area contributed by atoms with Crippen molar-refractivity contribution in [3.8, 4) is 11.4 Å². The standard InChI is InChI=1S/C12H11IN4O/c1-6-14-4-3-8(16-6)11-10(13)9-7(17-11)2-5-15-12(9)18/h3-4,17H,2,5H2,1H3,(H,15,18). The van der Waals surface area contributed by atoms with Crippen molar-refractivity contribution in [2.24, 2.45) is 0 Å². The molecular weight excluding hydrogens is 343 g/mol. The lowest BCUT2D eigenvalue weighted by molar-refractivity contribution is 0.0945. The number of hydrogen-bond acceptors (Lipinski definition) is 3. The fraction of sp³-hybridized carbons (Fsp3) is 0.250. The number of aromatic nitrogens is 3. The van der Waals surface area contributed by atoms with Crippen molar-refractivity contribution in [3.63, 3.8) is 0 Å². The molecule has 1 amide bonds. The molecule has 3 rings (SSSR count). The molecule has 1 aliphatic heterocycles. The van der Waals surface area contributed by atoms with Crippen LogP contribution in [0.15, 0.2) is 12.3 Å². The molecule has 0 fully saturated rings. The molecular formula is C12H11IN4O. The van der Waals surface area contributed by atoms with Crippen LogP contribution in [-0.2, 0) is 6.42 Å². The minimum Gasteiger partial charge on any atom is -0.356 e. The Morgan fingerprint density at radius 1 is 1.44 bits per heavy atom. The van der Waals surface area contributed by atoms with Gasteiger partial charge in [0.05, 0.1) is 20.5 Å². The van der Waals surface area contributed by atoms with Gasteiger partial charge in [-0.25, -0.2) is 9.97 Å². The van der Waals surface area contributed by atoms with Crippen LogP contribution in [0.2, 0.25) is 0 Å². The van der Waals surface area contributed by atoms with E-state index in [2.05, 4.69) is 42.9 Å². The molecule has 6 heteroatoms. The molecule has 0 spiro atoms. The number of amides is 1. The molecule has 0 saturated carbocycles. The van der Waals surface area contributed by atoms with Crippen LogP contribution in [0, 0.1) is 10.5 Å². The number of aromatic amines is 1. The summed E-state index contributed by atoms with van der Waals surface area (Å²) in [5.41, 5.74) is 3.49. The van der Waals surface area contributed by atoms with Gasteiger partial charge in [0.25, 0.3) is 5.91 Å². The van der Waals surface area contributed by atoms with E-state index in [0.717, 1.165) is 38.5 Å². The monoisotopic (exact) mass is 354 g/mol. The Balaban J connectivity index is 2.17. The Labute approximate surface area is 118 Å². The quantitative estimate of drug-likeness (QED) is 0.766. The second-order valence-electron chi connectivity index (χ2n) is 4.16. The number of carbonyl (C=O) groups excluding carboxylic acids is 1. The third-order valence-corrected chi connectivity index (χ3v) is 4.02. The summed E-state index contributed by atoms with van der Waals surface area (Å²) in [6.45, 7) is 2.54. The van der Waals surface area contributed by atoms with Crippen LogP contribution in [0.25, 0.3) is 11.4 Å². The first-order valence-corrected chi connectivity index (χ1v) is 6.73. The van der Waals surface area contributed by atoms with E-state index < -0.39 is 0 Å². The van der Waals surface area contributed by atoms with Gasteiger partial charge in [0, 0.05) is 24.9 Å². The highest BCUT2D eigenvalue weighted by atomic mass is 127. The molecule has 0 unspecified atom stereocenters. The van der Waals surface area contributed by atoms with Gasteiger partial charge in [-0.05, 0) is 35.6 Å². The first-order chi connectivity index (χ1) is 8.66. The van der Waals surface area contributed by atoms with Gasteiger partial charge in [0.2, 0.25) is 0 Å². The predicted molar refractivity (Wildman–Crippen MR) is 75.3 cm³/mol. The fourth-order valence-electron chi connectivity index (χ4n) is 2.11. The van der Waals surface area contributed by atoms with Crippen LogP contribution >= 0.6 is 22.6 Å². The molecule has 3 heterocycles. The van der Waals surface area contributed by atoms with Gasteiger partial charge >= 0.3 is 0 Å². The van der Waals surface area contributed by atoms with Gasteiger partial charge in [-0.2, -0.15) is 0 Å². The molecule has 0 aliphatic carbocycles. The molecule has 5 nitrogen and oxygen atoms in total. The lowest BCUT2D eigenvalue weighted by Crippen LogP contribution is -2.31. The topological polar surface area (TPSA) is 70.7 Å². The largest absolute Gasteiger partial charge is 0.356 e. The zero-order chi connectivity index (χ0) is 12.7. The summed E-state index contributed by atoms with van der Waals surface area (Å²) in [7, 11) is 0. The minimum atomic E-state index is -0.00562. The first-order valence-electron chi connectivity index (χ1n) is 5.65. The second kappa shape index (κ2) is 4.34. The van der Waals surface area contributed by atoms with Crippen molar-refractivity contribution in [2.45, 2.75) is 13.3 Å². The van der Waals surface area contributed by atoms with Gasteiger partial charge in [-0.1, -0.05) is 0 Å². The maximum absolute atomic E-state index is 11.8. The number of nitrogens with zero attached hydrogens (tertiary/aromatic N) is 2. The average molecular weight is 354 g/mol. The molecule has 0 bridgehead atoms. The van der Waals surface area contributed by atoms with Crippen molar-refractivity contribution < 1.29 is 4.79 Å². The predicted octanol–water partition coefficient (Wildman–Crippen LogP) is 1.67. The fourth-order valence-corrected chi connectivity index (χ4v) is 3.09. The van der Waals surface area contributed by atoms with Gasteiger partial charge in [0.1, 0.15) is 5.82 Å². The van der Waals surface area contributed by atoms with Gasteiger partial charge in [-0.3, -0.25) is 4.79 Å². The van der Waals surface area contributed by atoms with Crippen LogP contribution in [0.5, 0.6) is 0 Å². The summed E-state index contributed by atoms with van der Waals surface area (Å²) in [5.74, 6) is 0.717. The Kier molecular flexibility index (Phi) is 2.81. The summed E-state index contributed by atoms with van der Waals surface area (Å²) in [6.07, 6.45) is 2.56. The Morgan fingerprint density at radius 2 is 2.28 bits per heavy atom. The minimum absolute atomic E-state index is 0.00562. The van der Waals surface area contributed by atoms with E-state index in [4.69, 9.17) is 0 Å². The van der Waals surface area contributed by atoms with Crippen molar-refractivity contribution in [3.05, 3.63) is 32.9 Å². The molecule has 0 atom stereocenters. The smallest absolute Gasteiger partial charge is 0.254 e. The highest BCUT2D eigenvalue weighted by Gasteiger charge is 2.25. The number of aryl methyl sites for hydroxylation is 1. The number of carbonyl (C=O) groups is 1. The SMILES string of the molecule is Cc1nccc(-c2[nH]c3c(c2I)C(=O)NCC3)n1. The molecule has 1 aliphatic rings. The molecule has 2 aromatic rings. The van der Waals surface area contributed by atoms with E-state index in [1.54, 1.807) is 6.20 Å². The Bertz CT molecular complexity index is 635. The maximum Gasteiger partial charge on any atom is 0.254 e. The molecule has 2 N–H and O–H groups in total. The number of nitrogens with one attached hydrogen (secondary N) is 2. The number of H-pyrrole nitrogens is 1. The molecule has 0 aromatic carbocycles. The normalized spacial score (nSPS) is 14.2. The van der Waals surface area contributed by atoms with Crippen molar-refractivity contribution in [1.29, 1.82) is 0 Å². The van der Waals surface area contributed by atoms with Crippen LogP contribution in [0.1, 0.15) is 21.9 Å². The van der Waals surface area contributed by atoms with E-state index in [1.807, 2.05) is 13.0 Å². The Morgan fingerprint density at radius 3 is 3.00 bits per heavy atom. The zero-order valence-corrected chi connectivity index (χ0v) is 11.9. The van der Waals surface area contributed by atoms with E-state index in [1.165, 1.54) is 0 Å². The lowest BCUT2D eigenvalue weighted by atomic mass is 10.1. The van der Waals surface area contributed by atoms with Crippen LogP contribution in [0.4, 0.5) is 0 Å². The average Bonchev–Trinajstić information content (AvgIpc) is 2.68. The summed E-state index contributed by atoms with van der Waals surface area (Å²) >= 11 is 2.20.